The second kappa shape index (κ2) is 7.83. The molecule has 0 unspecified atom stereocenters. The van der Waals surface area contributed by atoms with Gasteiger partial charge in [0.05, 0.1) is 13.4 Å². The highest BCUT2D eigenvalue weighted by molar-refractivity contribution is 6.17. The zero-order chi connectivity index (χ0) is 6.95. The van der Waals surface area contributed by atoms with Gasteiger partial charge in [-0.2, -0.15) is 0 Å². The predicted molar refractivity (Wildman–Crippen MR) is 40.7 cm³/mol. The highest BCUT2D eigenvalue weighted by Crippen LogP contribution is 1.97. The van der Waals surface area contributed by atoms with Crippen LogP contribution >= 0.6 is 11.6 Å². The molecule has 0 aliphatic heterocycles. The first-order chi connectivity index (χ1) is 4.41. The van der Waals surface area contributed by atoms with Gasteiger partial charge in [0.25, 0.3) is 0 Å². The van der Waals surface area contributed by atoms with E-state index in [2.05, 4.69) is 0 Å². The van der Waals surface area contributed by atoms with Crippen LogP contribution in [0.5, 0.6) is 0 Å². The van der Waals surface area contributed by atoms with Crippen molar-refractivity contribution in [3.05, 3.63) is 12.3 Å². The van der Waals surface area contributed by atoms with E-state index in [-0.39, 0.29) is 0 Å². The molecule has 0 aliphatic rings. The SMILES string of the molecule is CO/C=C/CCCCCl. The minimum atomic E-state index is 0.765. The minimum Gasteiger partial charge on any atom is -0.505 e. The van der Waals surface area contributed by atoms with E-state index in [0.29, 0.717) is 0 Å². The van der Waals surface area contributed by atoms with E-state index >= 15 is 0 Å². The minimum absolute atomic E-state index is 0.765. The Morgan fingerprint density at radius 3 is 2.78 bits per heavy atom. The fourth-order valence-electron chi connectivity index (χ4n) is 0.521. The van der Waals surface area contributed by atoms with Crippen LogP contribution in [-0.4, -0.2) is 13.0 Å². The van der Waals surface area contributed by atoms with E-state index in [9.17, 15) is 0 Å². The third kappa shape index (κ3) is 7.83. The van der Waals surface area contributed by atoms with Gasteiger partial charge < -0.3 is 4.74 Å². The van der Waals surface area contributed by atoms with Crippen LogP contribution in [0, 0.1) is 0 Å². The number of methoxy groups -OCH3 is 1. The van der Waals surface area contributed by atoms with Crippen molar-refractivity contribution in [1.29, 1.82) is 0 Å². The van der Waals surface area contributed by atoms with E-state index in [1.54, 1.807) is 13.4 Å². The zero-order valence-corrected chi connectivity index (χ0v) is 6.53. The van der Waals surface area contributed by atoms with Gasteiger partial charge in [0.15, 0.2) is 0 Å². The van der Waals surface area contributed by atoms with Crippen LogP contribution in [0.1, 0.15) is 19.3 Å². The molecule has 0 spiro atoms. The van der Waals surface area contributed by atoms with Crippen LogP contribution in [0.3, 0.4) is 0 Å². The van der Waals surface area contributed by atoms with Crippen molar-refractivity contribution in [3.63, 3.8) is 0 Å². The summed E-state index contributed by atoms with van der Waals surface area (Å²) in [5, 5.41) is 0. The third-order valence-electron chi connectivity index (χ3n) is 0.987. The molecule has 1 nitrogen and oxygen atoms in total. The van der Waals surface area contributed by atoms with Crippen LogP contribution in [-0.2, 0) is 4.74 Å². The number of ether oxygens (including phenoxy) is 1. The molecule has 0 radical (unpaired) electrons. The van der Waals surface area contributed by atoms with E-state index < -0.39 is 0 Å². The lowest BCUT2D eigenvalue weighted by Crippen LogP contribution is -1.74. The van der Waals surface area contributed by atoms with Crippen molar-refractivity contribution in [2.45, 2.75) is 19.3 Å². The van der Waals surface area contributed by atoms with Gasteiger partial charge in [-0.15, -0.1) is 11.6 Å². The van der Waals surface area contributed by atoms with Crippen LogP contribution < -0.4 is 0 Å². The standard InChI is InChI=1S/C7H13ClO/c1-9-7-5-3-2-4-6-8/h5,7H,2-4,6H2,1H3/b7-5+. The molecule has 0 rings (SSSR count). The molecule has 0 aromatic heterocycles. The van der Waals surface area contributed by atoms with Crippen molar-refractivity contribution in [2.75, 3.05) is 13.0 Å². The third-order valence-corrected chi connectivity index (χ3v) is 1.25. The van der Waals surface area contributed by atoms with Crippen molar-refractivity contribution >= 4 is 11.6 Å². The number of hydrogen-bond donors (Lipinski definition) is 0. The highest BCUT2D eigenvalue weighted by Gasteiger charge is 1.80. The summed E-state index contributed by atoms with van der Waals surface area (Å²) < 4.78 is 4.71. The first kappa shape index (κ1) is 8.83. The highest BCUT2D eigenvalue weighted by atomic mass is 35.5. The molecule has 9 heavy (non-hydrogen) atoms. The van der Waals surface area contributed by atoms with Crippen LogP contribution in [0.4, 0.5) is 0 Å². The molecule has 0 saturated heterocycles. The maximum absolute atomic E-state index is 5.46. The summed E-state index contributed by atoms with van der Waals surface area (Å²) in [5.41, 5.74) is 0. The van der Waals surface area contributed by atoms with Gasteiger partial charge in [-0.3, -0.25) is 0 Å². The van der Waals surface area contributed by atoms with Gasteiger partial charge in [-0.25, -0.2) is 0 Å². The van der Waals surface area contributed by atoms with E-state index in [4.69, 9.17) is 16.3 Å². The molecule has 0 bridgehead atoms. The summed E-state index contributed by atoms with van der Waals surface area (Å²) in [5.74, 6) is 0.765. The second-order valence-electron chi connectivity index (χ2n) is 1.79. The molecule has 0 heterocycles. The number of allylic oxidation sites excluding steroid dienone is 1. The Morgan fingerprint density at radius 2 is 2.22 bits per heavy atom. The quantitative estimate of drug-likeness (QED) is 0.331. The number of alkyl halides is 1. The molecule has 0 atom stereocenters. The molecule has 0 aromatic rings. The molecule has 0 saturated carbocycles. The fourth-order valence-corrected chi connectivity index (χ4v) is 0.710. The van der Waals surface area contributed by atoms with Crippen LogP contribution in [0.2, 0.25) is 0 Å². The maximum Gasteiger partial charge on any atom is 0.0784 e. The lowest BCUT2D eigenvalue weighted by Gasteiger charge is -1.89. The van der Waals surface area contributed by atoms with E-state index in [1.807, 2.05) is 6.08 Å². The number of rotatable bonds is 5. The molecule has 0 aliphatic carbocycles. The topological polar surface area (TPSA) is 9.23 Å². The Balaban J connectivity index is 2.82. The lowest BCUT2D eigenvalue weighted by atomic mass is 10.2. The van der Waals surface area contributed by atoms with Gasteiger partial charge >= 0.3 is 0 Å². The summed E-state index contributed by atoms with van der Waals surface area (Å²) in [6, 6.07) is 0. The molecular formula is C7H13ClO. The first-order valence-electron chi connectivity index (χ1n) is 3.15. The average molecular weight is 149 g/mol. The monoisotopic (exact) mass is 148 g/mol. The van der Waals surface area contributed by atoms with Gasteiger partial charge in [0, 0.05) is 5.88 Å². The Labute approximate surface area is 61.7 Å². The summed E-state index contributed by atoms with van der Waals surface area (Å²) in [4.78, 5) is 0. The number of hydrogen-bond acceptors (Lipinski definition) is 1. The maximum atomic E-state index is 5.46. The average Bonchev–Trinajstić information content (AvgIpc) is 1.89. The van der Waals surface area contributed by atoms with Crippen molar-refractivity contribution in [2.24, 2.45) is 0 Å². The van der Waals surface area contributed by atoms with Gasteiger partial charge in [0.1, 0.15) is 0 Å². The summed E-state index contributed by atoms with van der Waals surface area (Å²) in [6.07, 6.45) is 7.03. The molecule has 54 valence electrons. The smallest absolute Gasteiger partial charge is 0.0784 e. The lowest BCUT2D eigenvalue weighted by molar-refractivity contribution is 0.336. The van der Waals surface area contributed by atoms with Gasteiger partial charge in [-0.1, -0.05) is 0 Å². The normalized spacial score (nSPS) is 10.4. The molecular weight excluding hydrogens is 136 g/mol. The Kier molecular flexibility index (Phi) is 7.68. The molecule has 0 aromatic carbocycles. The Morgan fingerprint density at radius 1 is 1.44 bits per heavy atom. The van der Waals surface area contributed by atoms with Crippen molar-refractivity contribution in [1.82, 2.24) is 0 Å². The predicted octanol–water partition coefficient (Wildman–Crippen LogP) is 2.56. The Bertz CT molecular complexity index is 71.3. The largest absolute Gasteiger partial charge is 0.505 e. The molecule has 0 fully saturated rings. The molecule has 0 N–H and O–H groups in total. The van der Waals surface area contributed by atoms with Crippen molar-refractivity contribution in [3.8, 4) is 0 Å². The second-order valence-corrected chi connectivity index (χ2v) is 2.17. The number of unbranched alkanes of at least 4 members (excludes halogenated alkanes) is 2. The Hall–Kier alpha value is -0.170. The first-order valence-corrected chi connectivity index (χ1v) is 3.69. The van der Waals surface area contributed by atoms with Gasteiger partial charge in [0.2, 0.25) is 0 Å². The van der Waals surface area contributed by atoms with Gasteiger partial charge in [-0.05, 0) is 25.3 Å². The van der Waals surface area contributed by atoms with Crippen LogP contribution in [0.25, 0.3) is 0 Å². The zero-order valence-electron chi connectivity index (χ0n) is 5.77. The molecule has 2 heteroatoms. The van der Waals surface area contributed by atoms with Crippen LogP contribution in [0.15, 0.2) is 12.3 Å². The van der Waals surface area contributed by atoms with E-state index in [1.165, 1.54) is 0 Å². The number of halogens is 1. The summed E-state index contributed by atoms with van der Waals surface area (Å²) >= 11 is 5.46. The summed E-state index contributed by atoms with van der Waals surface area (Å²) in [7, 11) is 1.65. The fraction of sp³-hybridized carbons (Fsp3) is 0.714. The summed E-state index contributed by atoms with van der Waals surface area (Å²) in [6.45, 7) is 0. The van der Waals surface area contributed by atoms with Crippen molar-refractivity contribution < 1.29 is 4.74 Å². The molecule has 0 amide bonds. The van der Waals surface area contributed by atoms with E-state index in [0.717, 1.165) is 25.1 Å².